The number of hydrogen-bond acceptors (Lipinski definition) is 6. The predicted octanol–water partition coefficient (Wildman–Crippen LogP) is 3.23. The van der Waals surface area contributed by atoms with Crippen LogP contribution >= 0.6 is 0 Å². The first-order chi connectivity index (χ1) is 15.4. The minimum Gasteiger partial charge on any atom is -0.469 e. The van der Waals surface area contributed by atoms with Gasteiger partial charge in [-0.15, -0.1) is 0 Å². The van der Waals surface area contributed by atoms with Gasteiger partial charge >= 0.3 is 12.1 Å². The molecule has 0 N–H and O–H groups in total. The van der Waals surface area contributed by atoms with Crippen molar-refractivity contribution in [3.8, 4) is 0 Å². The molecule has 7 nitrogen and oxygen atoms in total. The highest BCUT2D eigenvalue weighted by Gasteiger charge is 2.35. The first-order valence-corrected chi connectivity index (χ1v) is 12.4. The second kappa shape index (κ2) is 11.1. The quantitative estimate of drug-likeness (QED) is 0.563. The molecule has 0 bridgehead atoms. The van der Waals surface area contributed by atoms with Gasteiger partial charge in [0, 0.05) is 13.1 Å². The molecule has 1 amide bonds. The fourth-order valence-electron chi connectivity index (χ4n) is 3.90. The zero-order chi connectivity index (χ0) is 23.0. The van der Waals surface area contributed by atoms with Crippen LogP contribution in [0.1, 0.15) is 24.0 Å². The van der Waals surface area contributed by atoms with E-state index in [9.17, 15) is 18.0 Å². The molecule has 0 saturated carbocycles. The lowest BCUT2D eigenvalue weighted by molar-refractivity contribution is -0.144. The van der Waals surface area contributed by atoms with E-state index in [-0.39, 0.29) is 12.4 Å². The van der Waals surface area contributed by atoms with E-state index in [1.165, 1.54) is 12.0 Å². The lowest BCUT2D eigenvalue weighted by Crippen LogP contribution is -2.44. The summed E-state index contributed by atoms with van der Waals surface area (Å²) in [6.45, 7) is 0.788. The van der Waals surface area contributed by atoms with E-state index in [4.69, 9.17) is 9.47 Å². The van der Waals surface area contributed by atoms with Crippen LogP contribution in [0.4, 0.5) is 4.79 Å². The molecular weight excluding hydrogens is 430 g/mol. The summed E-state index contributed by atoms with van der Waals surface area (Å²) in [7, 11) is -2.27. The Balaban J connectivity index is 1.54. The average molecular weight is 460 g/mol. The topological polar surface area (TPSA) is 90.0 Å². The smallest absolute Gasteiger partial charge is 0.410 e. The SMILES string of the molecule is COC(=O)C(Cc1ccccc1)CS(=O)(=O)C1CCN(C(=O)OCc2ccccc2)CC1. The number of rotatable bonds is 8. The van der Waals surface area contributed by atoms with Gasteiger partial charge in [-0.1, -0.05) is 60.7 Å². The van der Waals surface area contributed by atoms with Gasteiger partial charge in [-0.2, -0.15) is 0 Å². The van der Waals surface area contributed by atoms with Crippen molar-refractivity contribution >= 4 is 21.9 Å². The molecule has 172 valence electrons. The highest BCUT2D eigenvalue weighted by atomic mass is 32.2. The average Bonchev–Trinajstić information content (AvgIpc) is 2.83. The van der Waals surface area contributed by atoms with Crippen molar-refractivity contribution in [2.24, 2.45) is 5.92 Å². The molecule has 3 rings (SSSR count). The van der Waals surface area contributed by atoms with Crippen LogP contribution in [0.5, 0.6) is 0 Å². The number of carbonyl (C=O) groups is 2. The minimum absolute atomic E-state index is 0.179. The lowest BCUT2D eigenvalue weighted by Gasteiger charge is -2.31. The third-order valence-electron chi connectivity index (χ3n) is 5.71. The molecule has 2 aromatic carbocycles. The first-order valence-electron chi connectivity index (χ1n) is 10.7. The summed E-state index contributed by atoms with van der Waals surface area (Å²) in [6, 6.07) is 18.7. The van der Waals surface area contributed by atoms with E-state index in [1.807, 2.05) is 60.7 Å². The number of methoxy groups -OCH3 is 1. The second-order valence-electron chi connectivity index (χ2n) is 7.97. The normalized spacial score (nSPS) is 15.7. The number of nitrogens with zero attached hydrogens (tertiary/aromatic N) is 1. The molecule has 32 heavy (non-hydrogen) atoms. The standard InChI is InChI=1S/C24H29NO6S/c1-30-23(26)21(16-19-8-4-2-5-9-19)18-32(28,29)22-12-14-25(15-13-22)24(27)31-17-20-10-6-3-7-11-20/h2-11,21-22H,12-18H2,1H3. The Morgan fingerprint density at radius 2 is 1.53 bits per heavy atom. The number of piperidine rings is 1. The second-order valence-corrected chi connectivity index (χ2v) is 10.3. The summed E-state index contributed by atoms with van der Waals surface area (Å²) in [5.74, 6) is -1.56. The Morgan fingerprint density at radius 3 is 2.09 bits per heavy atom. The fraction of sp³-hybridized carbons (Fsp3) is 0.417. The van der Waals surface area contributed by atoms with E-state index in [2.05, 4.69) is 0 Å². The number of benzene rings is 2. The Labute approximate surface area is 189 Å². The van der Waals surface area contributed by atoms with Crippen LogP contribution in [0.15, 0.2) is 60.7 Å². The van der Waals surface area contributed by atoms with Gasteiger partial charge in [0.2, 0.25) is 0 Å². The van der Waals surface area contributed by atoms with Crippen LogP contribution in [0.2, 0.25) is 0 Å². The van der Waals surface area contributed by atoms with Crippen LogP contribution in [-0.4, -0.2) is 56.6 Å². The number of sulfone groups is 1. The molecule has 0 spiro atoms. The maximum atomic E-state index is 13.1. The molecule has 1 unspecified atom stereocenters. The fourth-order valence-corrected chi connectivity index (χ4v) is 5.92. The zero-order valence-corrected chi connectivity index (χ0v) is 19.0. The molecule has 2 aromatic rings. The zero-order valence-electron chi connectivity index (χ0n) is 18.2. The maximum absolute atomic E-state index is 13.1. The molecule has 1 heterocycles. The molecule has 0 aromatic heterocycles. The Bertz CT molecular complexity index is 986. The highest BCUT2D eigenvalue weighted by molar-refractivity contribution is 7.92. The van der Waals surface area contributed by atoms with Crippen molar-refractivity contribution in [1.82, 2.24) is 4.90 Å². The molecule has 0 radical (unpaired) electrons. The van der Waals surface area contributed by atoms with Crippen LogP contribution in [-0.2, 0) is 37.1 Å². The summed E-state index contributed by atoms with van der Waals surface area (Å²) >= 11 is 0. The number of amides is 1. The van der Waals surface area contributed by atoms with Crippen molar-refractivity contribution in [3.05, 3.63) is 71.8 Å². The maximum Gasteiger partial charge on any atom is 0.410 e. The Kier molecular flexibility index (Phi) is 8.27. The summed E-state index contributed by atoms with van der Waals surface area (Å²) < 4.78 is 36.3. The van der Waals surface area contributed by atoms with Gasteiger partial charge in [0.1, 0.15) is 6.61 Å². The van der Waals surface area contributed by atoms with Crippen molar-refractivity contribution in [3.63, 3.8) is 0 Å². The van der Waals surface area contributed by atoms with E-state index in [1.54, 1.807) is 0 Å². The van der Waals surface area contributed by atoms with E-state index < -0.39 is 33.1 Å². The van der Waals surface area contributed by atoms with E-state index >= 15 is 0 Å². The van der Waals surface area contributed by atoms with Gasteiger partial charge in [0.15, 0.2) is 9.84 Å². The van der Waals surface area contributed by atoms with Crippen molar-refractivity contribution in [2.45, 2.75) is 31.1 Å². The highest BCUT2D eigenvalue weighted by Crippen LogP contribution is 2.23. The van der Waals surface area contributed by atoms with Crippen molar-refractivity contribution < 1.29 is 27.5 Å². The van der Waals surface area contributed by atoms with Gasteiger partial charge in [-0.25, -0.2) is 13.2 Å². The van der Waals surface area contributed by atoms with E-state index in [0.717, 1.165) is 11.1 Å². The first kappa shape index (κ1) is 23.8. The summed E-state index contributed by atoms with van der Waals surface area (Å²) in [6.07, 6.45) is 0.503. The molecule has 1 aliphatic rings. The Hall–Kier alpha value is -2.87. The third-order valence-corrected chi connectivity index (χ3v) is 8.06. The molecule has 1 atom stereocenters. The van der Waals surface area contributed by atoms with Gasteiger partial charge in [-0.3, -0.25) is 4.79 Å². The predicted molar refractivity (Wildman–Crippen MR) is 121 cm³/mol. The minimum atomic E-state index is -3.54. The summed E-state index contributed by atoms with van der Waals surface area (Å²) in [4.78, 5) is 26.1. The molecule has 1 aliphatic heterocycles. The number of esters is 1. The number of hydrogen-bond donors (Lipinski definition) is 0. The molecule has 1 saturated heterocycles. The van der Waals surface area contributed by atoms with Gasteiger partial charge < -0.3 is 14.4 Å². The van der Waals surface area contributed by atoms with Crippen molar-refractivity contribution in [2.75, 3.05) is 26.0 Å². The summed E-state index contributed by atoms with van der Waals surface area (Å²) in [5.41, 5.74) is 1.78. The van der Waals surface area contributed by atoms with Crippen LogP contribution in [0, 0.1) is 5.92 Å². The van der Waals surface area contributed by atoms with Gasteiger partial charge in [0.25, 0.3) is 0 Å². The number of likely N-dealkylation sites (tertiary alicyclic amines) is 1. The monoisotopic (exact) mass is 459 g/mol. The lowest BCUT2D eigenvalue weighted by atomic mass is 10.0. The third kappa shape index (κ3) is 6.56. The number of ether oxygens (including phenoxy) is 2. The van der Waals surface area contributed by atoms with Crippen LogP contribution < -0.4 is 0 Å². The molecule has 0 aliphatic carbocycles. The Morgan fingerprint density at radius 1 is 0.969 bits per heavy atom. The van der Waals surface area contributed by atoms with Gasteiger partial charge in [-0.05, 0) is 30.4 Å². The molecule has 8 heteroatoms. The molecular formula is C24H29NO6S. The van der Waals surface area contributed by atoms with Crippen molar-refractivity contribution in [1.29, 1.82) is 0 Å². The van der Waals surface area contributed by atoms with Gasteiger partial charge in [0.05, 0.1) is 24.0 Å². The van der Waals surface area contributed by atoms with Crippen LogP contribution in [0.25, 0.3) is 0 Å². The summed E-state index contributed by atoms with van der Waals surface area (Å²) in [5, 5.41) is -0.594. The van der Waals surface area contributed by atoms with E-state index in [0.29, 0.717) is 32.4 Å². The number of carbonyl (C=O) groups excluding carboxylic acids is 2. The van der Waals surface area contributed by atoms with Crippen LogP contribution in [0.3, 0.4) is 0 Å². The molecule has 1 fully saturated rings. The largest absolute Gasteiger partial charge is 0.469 e.